The van der Waals surface area contributed by atoms with Crippen molar-refractivity contribution in [3.63, 3.8) is 0 Å². The minimum absolute atomic E-state index is 0. The van der Waals surface area contributed by atoms with E-state index in [0.717, 1.165) is 37.1 Å². The molecule has 0 bridgehead atoms. The lowest BCUT2D eigenvalue weighted by Gasteiger charge is -2.34. The highest BCUT2D eigenvalue weighted by atomic mass is 35.5. The van der Waals surface area contributed by atoms with Crippen LogP contribution in [0.15, 0.2) is 12.1 Å². The molecule has 8 heteroatoms. The molecular weight excluding hydrogens is 329 g/mol. The lowest BCUT2D eigenvalue weighted by molar-refractivity contribution is -0.131. The van der Waals surface area contributed by atoms with Gasteiger partial charge >= 0.3 is 0 Å². The van der Waals surface area contributed by atoms with Gasteiger partial charge in [0, 0.05) is 37.6 Å². The predicted molar refractivity (Wildman–Crippen MR) is 84.7 cm³/mol. The molecule has 1 saturated heterocycles. The number of nitrogens with two attached hydrogens (primary N) is 1. The lowest BCUT2D eigenvalue weighted by atomic mass is 10.3. The van der Waals surface area contributed by atoms with Gasteiger partial charge < -0.3 is 10.6 Å². The SMILES string of the molecule is Cl.Cl.NCC(=O)N1CCN(Cc2ccc(Cl)s2)CC1. The summed E-state index contributed by atoms with van der Waals surface area (Å²) in [7, 11) is 0. The molecule has 19 heavy (non-hydrogen) atoms. The Bertz CT molecular complexity index is 394. The molecule has 1 fully saturated rings. The zero-order chi connectivity index (χ0) is 12.3. The summed E-state index contributed by atoms with van der Waals surface area (Å²) in [6.07, 6.45) is 0. The number of thiophene rings is 1. The van der Waals surface area contributed by atoms with Crippen LogP contribution >= 0.6 is 47.8 Å². The van der Waals surface area contributed by atoms with E-state index < -0.39 is 0 Å². The Morgan fingerprint density at radius 2 is 1.89 bits per heavy atom. The monoisotopic (exact) mass is 345 g/mol. The first-order chi connectivity index (χ1) is 8.19. The van der Waals surface area contributed by atoms with Crippen molar-refractivity contribution in [2.75, 3.05) is 32.7 Å². The van der Waals surface area contributed by atoms with Gasteiger partial charge in [0.15, 0.2) is 0 Å². The average molecular weight is 347 g/mol. The first-order valence-electron chi connectivity index (χ1n) is 5.63. The lowest BCUT2D eigenvalue weighted by Crippen LogP contribution is -2.49. The molecule has 2 heterocycles. The molecule has 0 radical (unpaired) electrons. The van der Waals surface area contributed by atoms with Crippen molar-refractivity contribution in [2.24, 2.45) is 5.73 Å². The number of nitrogens with zero attached hydrogens (tertiary/aromatic N) is 2. The Hall–Kier alpha value is -0.0400. The molecule has 1 aliphatic heterocycles. The Morgan fingerprint density at radius 1 is 1.26 bits per heavy atom. The van der Waals surface area contributed by atoms with Crippen LogP contribution < -0.4 is 5.73 Å². The van der Waals surface area contributed by atoms with E-state index in [0.29, 0.717) is 0 Å². The molecule has 1 aliphatic rings. The molecule has 2 N–H and O–H groups in total. The molecule has 1 aromatic heterocycles. The van der Waals surface area contributed by atoms with Crippen LogP contribution in [0.2, 0.25) is 4.34 Å². The largest absolute Gasteiger partial charge is 0.339 e. The van der Waals surface area contributed by atoms with Crippen molar-refractivity contribution in [3.05, 3.63) is 21.3 Å². The van der Waals surface area contributed by atoms with Gasteiger partial charge in [0.1, 0.15) is 0 Å². The van der Waals surface area contributed by atoms with E-state index in [-0.39, 0.29) is 37.3 Å². The van der Waals surface area contributed by atoms with Crippen molar-refractivity contribution in [3.8, 4) is 0 Å². The first-order valence-corrected chi connectivity index (χ1v) is 6.83. The van der Waals surface area contributed by atoms with E-state index in [1.807, 2.05) is 11.0 Å². The van der Waals surface area contributed by atoms with Gasteiger partial charge in [0.25, 0.3) is 0 Å². The topological polar surface area (TPSA) is 49.6 Å². The van der Waals surface area contributed by atoms with Crippen molar-refractivity contribution < 1.29 is 4.79 Å². The number of hydrogen-bond acceptors (Lipinski definition) is 4. The molecule has 0 spiro atoms. The van der Waals surface area contributed by atoms with Gasteiger partial charge in [-0.3, -0.25) is 9.69 Å². The van der Waals surface area contributed by atoms with Crippen LogP contribution in [0.5, 0.6) is 0 Å². The Kier molecular flexibility index (Phi) is 8.98. The minimum atomic E-state index is 0. The van der Waals surface area contributed by atoms with E-state index in [9.17, 15) is 4.79 Å². The number of halogens is 3. The van der Waals surface area contributed by atoms with Gasteiger partial charge in [-0.15, -0.1) is 36.2 Å². The fourth-order valence-electron chi connectivity index (χ4n) is 1.94. The van der Waals surface area contributed by atoms with Crippen LogP contribution in [0.4, 0.5) is 0 Å². The Labute approximate surface area is 134 Å². The van der Waals surface area contributed by atoms with E-state index >= 15 is 0 Å². The van der Waals surface area contributed by atoms with Gasteiger partial charge in [0.05, 0.1) is 10.9 Å². The number of hydrogen-bond donors (Lipinski definition) is 1. The molecule has 0 atom stereocenters. The fraction of sp³-hybridized carbons (Fsp3) is 0.545. The van der Waals surface area contributed by atoms with Gasteiger partial charge in [0.2, 0.25) is 5.91 Å². The zero-order valence-corrected chi connectivity index (χ0v) is 13.6. The number of amides is 1. The molecular formula is C11H18Cl3N3OS. The summed E-state index contributed by atoms with van der Waals surface area (Å²) in [6, 6.07) is 3.99. The normalized spacial score (nSPS) is 15.6. The van der Waals surface area contributed by atoms with E-state index in [1.165, 1.54) is 4.88 Å². The zero-order valence-electron chi connectivity index (χ0n) is 10.4. The second-order valence-electron chi connectivity index (χ2n) is 4.07. The maximum Gasteiger partial charge on any atom is 0.236 e. The molecule has 110 valence electrons. The van der Waals surface area contributed by atoms with Crippen molar-refractivity contribution in [1.29, 1.82) is 0 Å². The second kappa shape index (κ2) is 9.00. The van der Waals surface area contributed by atoms with E-state index in [4.69, 9.17) is 17.3 Å². The summed E-state index contributed by atoms with van der Waals surface area (Å²) in [5, 5.41) is 0. The van der Waals surface area contributed by atoms with Crippen molar-refractivity contribution in [2.45, 2.75) is 6.54 Å². The number of carbonyl (C=O) groups is 1. The number of piperazine rings is 1. The molecule has 0 aliphatic carbocycles. The number of carbonyl (C=O) groups excluding carboxylic acids is 1. The third kappa shape index (κ3) is 5.45. The summed E-state index contributed by atoms with van der Waals surface area (Å²) >= 11 is 7.51. The maximum atomic E-state index is 11.4. The van der Waals surface area contributed by atoms with Crippen LogP contribution in [0.3, 0.4) is 0 Å². The van der Waals surface area contributed by atoms with Gasteiger partial charge in [-0.05, 0) is 12.1 Å². The van der Waals surface area contributed by atoms with Crippen molar-refractivity contribution in [1.82, 2.24) is 9.80 Å². The highest BCUT2D eigenvalue weighted by Crippen LogP contribution is 2.23. The van der Waals surface area contributed by atoms with Gasteiger partial charge in [-0.25, -0.2) is 0 Å². The number of rotatable bonds is 3. The quantitative estimate of drug-likeness (QED) is 0.908. The smallest absolute Gasteiger partial charge is 0.236 e. The summed E-state index contributed by atoms with van der Waals surface area (Å²) in [5.41, 5.74) is 5.35. The Balaban J connectivity index is 0.00000162. The Morgan fingerprint density at radius 3 is 2.37 bits per heavy atom. The molecule has 4 nitrogen and oxygen atoms in total. The highest BCUT2D eigenvalue weighted by molar-refractivity contribution is 7.16. The summed E-state index contributed by atoms with van der Waals surface area (Å²) < 4.78 is 0.831. The highest BCUT2D eigenvalue weighted by Gasteiger charge is 2.20. The summed E-state index contributed by atoms with van der Waals surface area (Å²) in [6.45, 7) is 4.38. The van der Waals surface area contributed by atoms with Crippen molar-refractivity contribution >= 4 is 53.7 Å². The van der Waals surface area contributed by atoms with Gasteiger partial charge in [-0.1, -0.05) is 11.6 Å². The predicted octanol–water partition coefficient (Wildman–Crippen LogP) is 1.85. The minimum Gasteiger partial charge on any atom is -0.339 e. The van der Waals surface area contributed by atoms with E-state index in [2.05, 4.69) is 11.0 Å². The maximum absolute atomic E-state index is 11.4. The van der Waals surface area contributed by atoms with Crippen LogP contribution in [-0.4, -0.2) is 48.4 Å². The van der Waals surface area contributed by atoms with Crippen LogP contribution in [0, 0.1) is 0 Å². The molecule has 0 unspecified atom stereocenters. The van der Waals surface area contributed by atoms with Crippen LogP contribution in [0.25, 0.3) is 0 Å². The first kappa shape index (κ1) is 19.0. The molecule has 2 rings (SSSR count). The summed E-state index contributed by atoms with van der Waals surface area (Å²) in [5.74, 6) is 0.0452. The third-order valence-corrected chi connectivity index (χ3v) is 4.12. The van der Waals surface area contributed by atoms with E-state index in [1.54, 1.807) is 11.3 Å². The summed E-state index contributed by atoms with van der Waals surface area (Å²) in [4.78, 5) is 16.8. The fourth-order valence-corrected chi connectivity index (χ4v) is 3.07. The molecule has 1 amide bonds. The molecule has 0 aromatic carbocycles. The van der Waals surface area contributed by atoms with Gasteiger partial charge in [-0.2, -0.15) is 0 Å². The molecule has 0 saturated carbocycles. The second-order valence-corrected chi connectivity index (χ2v) is 5.87. The van der Waals surface area contributed by atoms with Crippen LogP contribution in [-0.2, 0) is 11.3 Å². The average Bonchev–Trinajstić information content (AvgIpc) is 2.75. The van der Waals surface area contributed by atoms with Crippen LogP contribution in [0.1, 0.15) is 4.88 Å². The molecule has 1 aromatic rings. The third-order valence-electron chi connectivity index (χ3n) is 2.91. The standard InChI is InChI=1S/C11H16ClN3OS.2ClH/c12-10-2-1-9(17-10)8-14-3-5-15(6-4-14)11(16)7-13;;/h1-2H,3-8,13H2;2*1H.